The van der Waals surface area contributed by atoms with Crippen LogP contribution in [-0.4, -0.2) is 39.1 Å². The highest BCUT2D eigenvalue weighted by molar-refractivity contribution is 5.96. The highest BCUT2D eigenvalue weighted by Crippen LogP contribution is 2.36. The molecule has 0 bridgehead atoms. The first-order valence-electron chi connectivity index (χ1n) is 9.52. The second-order valence-electron chi connectivity index (χ2n) is 8.03. The Labute approximate surface area is 149 Å². The van der Waals surface area contributed by atoms with Crippen molar-refractivity contribution in [1.29, 1.82) is 0 Å². The van der Waals surface area contributed by atoms with Crippen molar-refractivity contribution in [1.82, 2.24) is 14.7 Å². The van der Waals surface area contributed by atoms with Gasteiger partial charge in [0.05, 0.1) is 12.1 Å². The van der Waals surface area contributed by atoms with E-state index in [1.165, 1.54) is 12.8 Å². The average Bonchev–Trinajstić information content (AvgIpc) is 3.17. The molecular weight excluding hydrogens is 316 g/mol. The molecule has 6 nitrogen and oxygen atoms in total. The molecule has 4 atom stereocenters. The summed E-state index contributed by atoms with van der Waals surface area (Å²) < 4.78 is 1.79. The first-order valence-corrected chi connectivity index (χ1v) is 9.52. The van der Waals surface area contributed by atoms with E-state index in [4.69, 9.17) is 0 Å². The second kappa shape index (κ2) is 7.18. The van der Waals surface area contributed by atoms with E-state index in [-0.39, 0.29) is 29.8 Å². The minimum absolute atomic E-state index is 0.0743. The zero-order chi connectivity index (χ0) is 18.1. The maximum Gasteiger partial charge on any atom is 0.230 e. The molecule has 0 radical (unpaired) electrons. The van der Waals surface area contributed by atoms with Crippen molar-refractivity contribution in [3.05, 3.63) is 12.3 Å². The molecular formula is C19H30N4O2. The smallest absolute Gasteiger partial charge is 0.230 e. The number of amides is 2. The Morgan fingerprint density at radius 3 is 2.80 bits per heavy atom. The molecule has 0 aromatic carbocycles. The summed E-state index contributed by atoms with van der Waals surface area (Å²) in [5.41, 5.74) is 0. The Bertz CT molecular complexity index is 639. The van der Waals surface area contributed by atoms with Crippen LogP contribution in [0.25, 0.3) is 0 Å². The summed E-state index contributed by atoms with van der Waals surface area (Å²) in [7, 11) is 0. The summed E-state index contributed by atoms with van der Waals surface area (Å²) in [5, 5.41) is 7.20. The van der Waals surface area contributed by atoms with Gasteiger partial charge in [0.2, 0.25) is 11.8 Å². The molecule has 1 aliphatic carbocycles. The predicted octanol–water partition coefficient (Wildman–Crippen LogP) is 3.08. The number of nitrogens with zero attached hydrogens (tertiary/aromatic N) is 3. The number of rotatable bonds is 4. The van der Waals surface area contributed by atoms with Crippen molar-refractivity contribution in [2.24, 2.45) is 17.8 Å². The van der Waals surface area contributed by atoms with Crippen LogP contribution in [0.2, 0.25) is 0 Å². The summed E-state index contributed by atoms with van der Waals surface area (Å²) in [5.74, 6) is 1.62. The number of likely N-dealkylation sites (tertiary alicyclic amines) is 1. The Morgan fingerprint density at radius 2 is 2.08 bits per heavy atom. The fourth-order valence-electron chi connectivity index (χ4n) is 4.27. The van der Waals surface area contributed by atoms with Gasteiger partial charge in [-0.1, -0.05) is 26.7 Å². The van der Waals surface area contributed by atoms with Crippen LogP contribution in [0.15, 0.2) is 12.3 Å². The van der Waals surface area contributed by atoms with Crippen LogP contribution < -0.4 is 5.32 Å². The standard InChI is InChI=1S/C19H30N4O2/c1-12(2)23-17(8-9-20-23)21-19(25)15-10-18(24)22(11-15)16-7-5-6-13(3)14(16)4/h8-9,12-16H,5-7,10-11H2,1-4H3,(H,21,25)/t13-,14-,15+,16+/m1/s1. The van der Waals surface area contributed by atoms with Gasteiger partial charge in [0.25, 0.3) is 0 Å². The zero-order valence-corrected chi connectivity index (χ0v) is 15.7. The van der Waals surface area contributed by atoms with Gasteiger partial charge >= 0.3 is 0 Å². The number of aromatic nitrogens is 2. The van der Waals surface area contributed by atoms with Gasteiger partial charge in [-0.25, -0.2) is 4.68 Å². The normalized spacial score (nSPS) is 30.1. The second-order valence-corrected chi connectivity index (χ2v) is 8.03. The topological polar surface area (TPSA) is 67.2 Å². The molecule has 1 aliphatic heterocycles. The van der Waals surface area contributed by atoms with Crippen LogP contribution in [0, 0.1) is 17.8 Å². The first-order chi connectivity index (χ1) is 11.9. The van der Waals surface area contributed by atoms with Crippen molar-refractivity contribution in [3.8, 4) is 0 Å². The van der Waals surface area contributed by atoms with Crippen molar-refractivity contribution < 1.29 is 9.59 Å². The number of hydrogen-bond donors (Lipinski definition) is 1. The van der Waals surface area contributed by atoms with Gasteiger partial charge in [0, 0.05) is 31.1 Å². The van der Waals surface area contributed by atoms with Crippen molar-refractivity contribution in [2.75, 3.05) is 11.9 Å². The van der Waals surface area contributed by atoms with E-state index in [2.05, 4.69) is 24.3 Å². The molecule has 1 saturated heterocycles. The van der Waals surface area contributed by atoms with Gasteiger partial charge in [0.15, 0.2) is 0 Å². The largest absolute Gasteiger partial charge is 0.339 e. The molecule has 1 aromatic heterocycles. The number of carbonyl (C=O) groups is 2. The maximum atomic E-state index is 12.7. The third-order valence-corrected chi connectivity index (χ3v) is 6.00. The summed E-state index contributed by atoms with van der Waals surface area (Å²) in [6, 6.07) is 2.27. The highest BCUT2D eigenvalue weighted by atomic mass is 16.2. The molecule has 1 aromatic rings. The molecule has 0 unspecified atom stereocenters. The quantitative estimate of drug-likeness (QED) is 0.911. The molecule has 6 heteroatoms. The molecule has 0 spiro atoms. The van der Waals surface area contributed by atoms with E-state index in [1.54, 1.807) is 16.9 Å². The van der Waals surface area contributed by atoms with Crippen molar-refractivity contribution >= 4 is 17.6 Å². The van der Waals surface area contributed by atoms with Gasteiger partial charge in [-0.3, -0.25) is 9.59 Å². The molecule has 2 heterocycles. The van der Waals surface area contributed by atoms with E-state index in [9.17, 15) is 9.59 Å². The van der Waals surface area contributed by atoms with E-state index in [0.717, 1.165) is 6.42 Å². The summed E-state index contributed by atoms with van der Waals surface area (Å²) in [4.78, 5) is 27.2. The highest BCUT2D eigenvalue weighted by Gasteiger charge is 2.41. The molecule has 2 amide bonds. The van der Waals surface area contributed by atoms with Gasteiger partial charge in [-0.15, -0.1) is 0 Å². The number of hydrogen-bond acceptors (Lipinski definition) is 3. The van der Waals surface area contributed by atoms with E-state index >= 15 is 0 Å². The minimum atomic E-state index is -0.271. The molecule has 1 N–H and O–H groups in total. The summed E-state index contributed by atoms with van der Waals surface area (Å²) in [6.45, 7) is 9.11. The van der Waals surface area contributed by atoms with Crippen LogP contribution >= 0.6 is 0 Å². The lowest BCUT2D eigenvalue weighted by Crippen LogP contribution is -2.45. The Hall–Kier alpha value is -1.85. The van der Waals surface area contributed by atoms with E-state index in [1.807, 2.05) is 18.7 Å². The molecule has 25 heavy (non-hydrogen) atoms. The summed E-state index contributed by atoms with van der Waals surface area (Å²) in [6.07, 6.45) is 5.48. The minimum Gasteiger partial charge on any atom is -0.339 e. The zero-order valence-electron chi connectivity index (χ0n) is 15.7. The van der Waals surface area contributed by atoms with E-state index in [0.29, 0.717) is 30.6 Å². The lowest BCUT2D eigenvalue weighted by Gasteiger charge is -2.40. The maximum absolute atomic E-state index is 12.7. The third-order valence-electron chi connectivity index (χ3n) is 6.00. The average molecular weight is 346 g/mol. The van der Waals surface area contributed by atoms with E-state index < -0.39 is 0 Å². The Morgan fingerprint density at radius 1 is 1.32 bits per heavy atom. The fraction of sp³-hybridized carbons (Fsp3) is 0.737. The molecule has 2 aliphatic rings. The number of carbonyl (C=O) groups excluding carboxylic acids is 2. The first kappa shape index (κ1) is 18.0. The lowest BCUT2D eigenvalue weighted by molar-refractivity contribution is -0.131. The van der Waals surface area contributed by atoms with Gasteiger partial charge in [0.1, 0.15) is 5.82 Å². The van der Waals surface area contributed by atoms with Crippen LogP contribution in [-0.2, 0) is 9.59 Å². The Balaban J connectivity index is 1.65. The van der Waals surface area contributed by atoms with Gasteiger partial charge in [-0.05, 0) is 32.1 Å². The van der Waals surface area contributed by atoms with Crippen LogP contribution in [0.3, 0.4) is 0 Å². The van der Waals surface area contributed by atoms with Crippen LogP contribution in [0.4, 0.5) is 5.82 Å². The molecule has 3 rings (SSSR count). The third kappa shape index (κ3) is 3.58. The Kier molecular flexibility index (Phi) is 5.16. The van der Waals surface area contributed by atoms with Gasteiger partial charge < -0.3 is 10.2 Å². The van der Waals surface area contributed by atoms with Crippen LogP contribution in [0.5, 0.6) is 0 Å². The number of anilines is 1. The SMILES string of the molecule is CC(C)n1nccc1NC(=O)[C@H]1CC(=O)N([C@H]2CCC[C@@H](C)[C@H]2C)C1. The lowest BCUT2D eigenvalue weighted by atomic mass is 9.77. The predicted molar refractivity (Wildman–Crippen MR) is 97.0 cm³/mol. The molecule has 1 saturated carbocycles. The summed E-state index contributed by atoms with van der Waals surface area (Å²) >= 11 is 0. The molecule has 138 valence electrons. The number of nitrogens with one attached hydrogen (secondary N) is 1. The van der Waals surface area contributed by atoms with Crippen LogP contribution in [0.1, 0.15) is 59.4 Å². The van der Waals surface area contributed by atoms with Crippen molar-refractivity contribution in [3.63, 3.8) is 0 Å². The van der Waals surface area contributed by atoms with Crippen molar-refractivity contribution in [2.45, 2.75) is 65.5 Å². The fourth-order valence-corrected chi connectivity index (χ4v) is 4.27. The van der Waals surface area contributed by atoms with Gasteiger partial charge in [-0.2, -0.15) is 5.10 Å². The molecule has 2 fully saturated rings. The monoisotopic (exact) mass is 346 g/mol.